The van der Waals surface area contributed by atoms with Gasteiger partial charge in [-0.15, -0.1) is 11.8 Å². The van der Waals surface area contributed by atoms with Crippen LogP contribution in [-0.2, 0) is 4.79 Å². The van der Waals surface area contributed by atoms with Crippen molar-refractivity contribution < 1.29 is 4.79 Å². The molecule has 0 spiro atoms. The van der Waals surface area contributed by atoms with Gasteiger partial charge in [-0.2, -0.15) is 0 Å². The number of carbonyl (C=O) groups excluding carboxylic acids is 1. The summed E-state index contributed by atoms with van der Waals surface area (Å²) in [6.07, 6.45) is 2.00. The molecule has 1 heterocycles. The summed E-state index contributed by atoms with van der Waals surface area (Å²) in [5, 5.41) is 0. The van der Waals surface area contributed by atoms with Crippen LogP contribution in [0.3, 0.4) is 0 Å². The maximum absolute atomic E-state index is 11.7. The number of hydrogen-bond acceptors (Lipinski definition) is 4. The number of carbonyl (C=O) groups is 1. The van der Waals surface area contributed by atoms with E-state index in [0.29, 0.717) is 10.1 Å². The SMILES string of the molecule is CSc1ccccc1N1C(=O)CSC1=S. The molecule has 78 valence electrons. The molecule has 0 saturated carbocycles. The number of para-hydroxylation sites is 1. The number of anilines is 1. The molecular weight excluding hydrogens is 246 g/mol. The molecule has 1 saturated heterocycles. The molecular formula is C10H9NOS3. The minimum absolute atomic E-state index is 0.0755. The van der Waals surface area contributed by atoms with E-state index in [9.17, 15) is 4.79 Å². The van der Waals surface area contributed by atoms with Crippen molar-refractivity contribution >= 4 is 51.7 Å². The minimum atomic E-state index is 0.0755. The van der Waals surface area contributed by atoms with Gasteiger partial charge in [-0.05, 0) is 18.4 Å². The molecule has 0 atom stereocenters. The van der Waals surface area contributed by atoms with Crippen molar-refractivity contribution in [2.24, 2.45) is 0 Å². The number of benzene rings is 1. The highest BCUT2D eigenvalue weighted by molar-refractivity contribution is 8.24. The van der Waals surface area contributed by atoms with Crippen LogP contribution in [0, 0.1) is 0 Å². The molecule has 0 unspecified atom stereocenters. The maximum atomic E-state index is 11.7. The third-order valence-electron chi connectivity index (χ3n) is 2.08. The van der Waals surface area contributed by atoms with Crippen molar-refractivity contribution in [1.29, 1.82) is 0 Å². The van der Waals surface area contributed by atoms with E-state index in [4.69, 9.17) is 12.2 Å². The zero-order valence-corrected chi connectivity index (χ0v) is 10.5. The first-order valence-electron chi connectivity index (χ1n) is 4.37. The molecule has 0 aromatic heterocycles. The molecule has 0 aliphatic carbocycles. The molecule has 2 rings (SSSR count). The van der Waals surface area contributed by atoms with Gasteiger partial charge in [0.15, 0.2) is 0 Å². The zero-order valence-electron chi connectivity index (χ0n) is 8.10. The van der Waals surface area contributed by atoms with E-state index in [2.05, 4.69) is 0 Å². The van der Waals surface area contributed by atoms with Crippen LogP contribution in [0.5, 0.6) is 0 Å². The summed E-state index contributed by atoms with van der Waals surface area (Å²) in [5.41, 5.74) is 0.907. The fraction of sp³-hybridized carbons (Fsp3) is 0.200. The van der Waals surface area contributed by atoms with Gasteiger partial charge in [0.2, 0.25) is 5.91 Å². The summed E-state index contributed by atoms with van der Waals surface area (Å²) in [6, 6.07) is 7.82. The second-order valence-electron chi connectivity index (χ2n) is 2.96. The van der Waals surface area contributed by atoms with Gasteiger partial charge in [0.05, 0.1) is 11.4 Å². The zero-order chi connectivity index (χ0) is 10.8. The highest BCUT2D eigenvalue weighted by Gasteiger charge is 2.29. The number of thioether (sulfide) groups is 2. The Morgan fingerprint density at radius 3 is 2.80 bits per heavy atom. The first-order chi connectivity index (χ1) is 7.24. The predicted octanol–water partition coefficient (Wildman–Crippen LogP) is 2.77. The van der Waals surface area contributed by atoms with Crippen LogP contribution in [0.1, 0.15) is 0 Å². The third-order valence-corrected chi connectivity index (χ3v) is 4.22. The van der Waals surface area contributed by atoms with Crippen molar-refractivity contribution in [3.8, 4) is 0 Å². The summed E-state index contributed by atoms with van der Waals surface area (Å²) in [6.45, 7) is 0. The van der Waals surface area contributed by atoms with E-state index in [1.165, 1.54) is 11.8 Å². The summed E-state index contributed by atoms with van der Waals surface area (Å²) >= 11 is 8.22. The van der Waals surface area contributed by atoms with Crippen LogP contribution >= 0.6 is 35.7 Å². The van der Waals surface area contributed by atoms with E-state index < -0.39 is 0 Å². The molecule has 5 heteroatoms. The fourth-order valence-electron chi connectivity index (χ4n) is 1.40. The molecule has 1 aliphatic rings. The van der Waals surface area contributed by atoms with E-state index in [1.54, 1.807) is 16.7 Å². The molecule has 0 N–H and O–H groups in total. The third kappa shape index (κ3) is 2.04. The minimum Gasteiger partial charge on any atom is -0.273 e. The lowest BCUT2D eigenvalue weighted by atomic mass is 10.3. The summed E-state index contributed by atoms with van der Waals surface area (Å²) in [7, 11) is 0. The van der Waals surface area contributed by atoms with E-state index in [0.717, 1.165) is 10.6 Å². The second-order valence-corrected chi connectivity index (χ2v) is 5.41. The van der Waals surface area contributed by atoms with Gasteiger partial charge < -0.3 is 0 Å². The molecule has 1 aromatic carbocycles. The van der Waals surface area contributed by atoms with Crippen molar-refractivity contribution in [2.75, 3.05) is 16.9 Å². The fourth-order valence-corrected chi connectivity index (χ4v) is 3.07. The van der Waals surface area contributed by atoms with Gasteiger partial charge in [0.1, 0.15) is 4.32 Å². The largest absolute Gasteiger partial charge is 0.273 e. The van der Waals surface area contributed by atoms with Crippen LogP contribution in [0.25, 0.3) is 0 Å². The molecule has 2 nitrogen and oxygen atoms in total. The molecule has 0 bridgehead atoms. The molecule has 15 heavy (non-hydrogen) atoms. The normalized spacial score (nSPS) is 16.2. The van der Waals surface area contributed by atoms with Crippen LogP contribution < -0.4 is 4.90 Å². The van der Waals surface area contributed by atoms with Crippen LogP contribution in [0.4, 0.5) is 5.69 Å². The standard InChI is InChI=1S/C10H9NOS3/c1-14-8-5-3-2-4-7(8)11-9(12)6-15-10(11)13/h2-5H,6H2,1H3. The average molecular weight is 255 g/mol. The van der Waals surface area contributed by atoms with Crippen molar-refractivity contribution in [1.82, 2.24) is 0 Å². The summed E-state index contributed by atoms with van der Waals surface area (Å²) < 4.78 is 0.654. The Kier molecular flexibility index (Phi) is 3.33. The van der Waals surface area contributed by atoms with Crippen molar-refractivity contribution in [3.05, 3.63) is 24.3 Å². The van der Waals surface area contributed by atoms with Crippen LogP contribution in [-0.4, -0.2) is 22.2 Å². The number of thiocarbonyl (C=S) groups is 1. The van der Waals surface area contributed by atoms with E-state index in [-0.39, 0.29) is 5.91 Å². The van der Waals surface area contributed by atoms with Gasteiger partial charge in [-0.25, -0.2) is 0 Å². The van der Waals surface area contributed by atoms with Crippen LogP contribution in [0.2, 0.25) is 0 Å². The Balaban J connectivity index is 2.44. The van der Waals surface area contributed by atoms with E-state index in [1.807, 2.05) is 30.5 Å². The van der Waals surface area contributed by atoms with Gasteiger partial charge in [0, 0.05) is 4.90 Å². The smallest absolute Gasteiger partial charge is 0.243 e. The highest BCUT2D eigenvalue weighted by Crippen LogP contribution is 2.33. The predicted molar refractivity (Wildman–Crippen MR) is 70.8 cm³/mol. The number of nitrogens with zero attached hydrogens (tertiary/aromatic N) is 1. The number of hydrogen-bond donors (Lipinski definition) is 0. The monoisotopic (exact) mass is 255 g/mol. The van der Waals surface area contributed by atoms with Gasteiger partial charge in [-0.1, -0.05) is 36.1 Å². The lowest BCUT2D eigenvalue weighted by Crippen LogP contribution is -2.28. The van der Waals surface area contributed by atoms with Crippen molar-refractivity contribution in [3.63, 3.8) is 0 Å². The molecule has 1 fully saturated rings. The number of rotatable bonds is 2. The Bertz CT molecular complexity index is 403. The quantitative estimate of drug-likeness (QED) is 0.598. The highest BCUT2D eigenvalue weighted by atomic mass is 32.2. The van der Waals surface area contributed by atoms with Gasteiger partial charge in [-0.3, -0.25) is 9.69 Å². The first kappa shape index (κ1) is 11.0. The topological polar surface area (TPSA) is 20.3 Å². The van der Waals surface area contributed by atoms with Gasteiger partial charge >= 0.3 is 0 Å². The Morgan fingerprint density at radius 2 is 2.20 bits per heavy atom. The van der Waals surface area contributed by atoms with E-state index >= 15 is 0 Å². The number of amides is 1. The molecule has 1 amide bonds. The maximum Gasteiger partial charge on any atom is 0.243 e. The Labute approximate surface area is 102 Å². The van der Waals surface area contributed by atoms with Crippen LogP contribution in [0.15, 0.2) is 29.2 Å². The Hall–Kier alpha value is -0.520. The first-order valence-corrected chi connectivity index (χ1v) is 6.98. The summed E-state index contributed by atoms with van der Waals surface area (Å²) in [4.78, 5) is 14.4. The van der Waals surface area contributed by atoms with Gasteiger partial charge in [0.25, 0.3) is 0 Å². The lowest BCUT2D eigenvalue weighted by molar-refractivity contribution is -0.115. The average Bonchev–Trinajstić information content (AvgIpc) is 2.59. The lowest BCUT2D eigenvalue weighted by Gasteiger charge is -2.17. The Morgan fingerprint density at radius 1 is 1.47 bits per heavy atom. The summed E-state index contributed by atoms with van der Waals surface area (Å²) in [5.74, 6) is 0.535. The van der Waals surface area contributed by atoms with Crippen molar-refractivity contribution in [2.45, 2.75) is 4.90 Å². The molecule has 1 aliphatic heterocycles. The molecule has 1 aromatic rings. The molecule has 0 radical (unpaired) electrons. The second kappa shape index (κ2) is 4.55.